The van der Waals surface area contributed by atoms with Gasteiger partial charge in [-0.25, -0.2) is 0 Å². The van der Waals surface area contributed by atoms with E-state index in [4.69, 9.17) is 0 Å². The molecule has 168 valence electrons. The summed E-state index contributed by atoms with van der Waals surface area (Å²) in [6, 6.07) is 0. The van der Waals surface area contributed by atoms with Gasteiger partial charge in [0.2, 0.25) is 0 Å². The van der Waals surface area contributed by atoms with Gasteiger partial charge in [-0.1, -0.05) is 77.0 Å². The highest BCUT2D eigenvalue weighted by atomic mass is 16.3. The first-order valence-electron chi connectivity index (χ1n) is 13.0. The first-order chi connectivity index (χ1) is 14.2. The molecular formula is C29H46O. The summed E-state index contributed by atoms with van der Waals surface area (Å²) < 4.78 is 0. The third kappa shape index (κ3) is 3.58. The molecule has 0 aromatic heterocycles. The fraction of sp³-hybridized carbons (Fsp3) is 0.793. The van der Waals surface area contributed by atoms with Crippen molar-refractivity contribution >= 4 is 0 Å². The topological polar surface area (TPSA) is 20.2 Å². The zero-order valence-corrected chi connectivity index (χ0v) is 20.5. The van der Waals surface area contributed by atoms with Gasteiger partial charge in [-0.2, -0.15) is 0 Å². The second kappa shape index (κ2) is 8.27. The van der Waals surface area contributed by atoms with Gasteiger partial charge < -0.3 is 5.11 Å². The van der Waals surface area contributed by atoms with Crippen LogP contribution in [0.1, 0.15) is 92.9 Å². The smallest absolute Gasteiger partial charge is 0.0578 e. The maximum Gasteiger partial charge on any atom is 0.0578 e. The average molecular weight is 411 g/mol. The van der Waals surface area contributed by atoms with Crippen LogP contribution in [0.2, 0.25) is 0 Å². The van der Waals surface area contributed by atoms with Gasteiger partial charge in [0.05, 0.1) is 6.10 Å². The lowest BCUT2D eigenvalue weighted by molar-refractivity contribution is 0.0664. The van der Waals surface area contributed by atoms with Crippen LogP contribution in [0, 0.1) is 46.3 Å². The minimum Gasteiger partial charge on any atom is -0.393 e. The predicted octanol–water partition coefficient (Wildman–Crippen LogP) is 7.72. The van der Waals surface area contributed by atoms with E-state index in [0.717, 1.165) is 48.9 Å². The lowest BCUT2D eigenvalue weighted by Crippen LogP contribution is -2.45. The van der Waals surface area contributed by atoms with Crippen molar-refractivity contribution in [3.05, 3.63) is 35.5 Å². The Morgan fingerprint density at radius 2 is 1.87 bits per heavy atom. The molecule has 2 fully saturated rings. The molecule has 1 N–H and O–H groups in total. The molecule has 0 aliphatic heterocycles. The molecule has 1 heteroatoms. The van der Waals surface area contributed by atoms with Crippen molar-refractivity contribution in [2.45, 2.75) is 99.0 Å². The third-order valence-corrected chi connectivity index (χ3v) is 10.2. The molecule has 0 aromatic rings. The van der Waals surface area contributed by atoms with Gasteiger partial charge in [0, 0.05) is 5.41 Å². The summed E-state index contributed by atoms with van der Waals surface area (Å²) in [5.74, 6) is 4.53. The molecular weight excluding hydrogens is 364 g/mol. The molecule has 4 rings (SSSR count). The summed E-state index contributed by atoms with van der Waals surface area (Å²) in [4.78, 5) is 0. The monoisotopic (exact) mass is 410 g/mol. The molecule has 1 nitrogen and oxygen atoms in total. The van der Waals surface area contributed by atoms with Crippen molar-refractivity contribution < 1.29 is 5.11 Å². The molecule has 0 aromatic carbocycles. The number of hydrogen-bond acceptors (Lipinski definition) is 1. The van der Waals surface area contributed by atoms with E-state index in [-0.39, 0.29) is 11.5 Å². The van der Waals surface area contributed by atoms with E-state index >= 15 is 0 Å². The van der Waals surface area contributed by atoms with Crippen LogP contribution in [0.5, 0.6) is 0 Å². The van der Waals surface area contributed by atoms with Gasteiger partial charge in [-0.3, -0.25) is 0 Å². The Bertz CT molecular complexity index is 727. The Hall–Kier alpha value is -0.820. The number of allylic oxidation sites excluding steroid dienone is 5. The first-order valence-corrected chi connectivity index (χ1v) is 13.0. The van der Waals surface area contributed by atoms with E-state index < -0.39 is 0 Å². The number of aliphatic hydroxyl groups excluding tert-OH is 1. The molecule has 0 spiro atoms. The zero-order valence-electron chi connectivity index (χ0n) is 20.5. The van der Waals surface area contributed by atoms with Gasteiger partial charge in [0.25, 0.3) is 0 Å². The maximum atomic E-state index is 10.2. The van der Waals surface area contributed by atoms with E-state index in [2.05, 4.69) is 65.8 Å². The first kappa shape index (κ1) is 22.4. The number of aliphatic hydroxyl groups is 1. The van der Waals surface area contributed by atoms with E-state index in [1.165, 1.54) is 37.7 Å². The lowest BCUT2D eigenvalue weighted by Gasteiger charge is -2.54. The van der Waals surface area contributed by atoms with Crippen LogP contribution in [-0.2, 0) is 0 Å². The Kier molecular flexibility index (Phi) is 6.17. The molecule has 4 aliphatic carbocycles. The number of hydrogen-bond donors (Lipinski definition) is 1. The standard InChI is InChI=1S/C29H46O/c1-7-21(19(2)3)9-8-20(4)25-12-13-26-24-11-10-22-18-23(30)14-16-28(22,5)27(24)15-17-29(25,26)6/h8-10,15,19-21,23-26,30H,7,11-14,16-18H2,1-6H3/b9-8+/t20-,21-,23+,24+,25-,26+,28+,29-/m1/s1. The Labute approximate surface area is 186 Å². The minimum atomic E-state index is -0.114. The third-order valence-electron chi connectivity index (χ3n) is 10.2. The normalized spacial score (nSPS) is 42.9. The summed E-state index contributed by atoms with van der Waals surface area (Å²) >= 11 is 0. The zero-order chi connectivity index (χ0) is 21.7. The maximum absolute atomic E-state index is 10.2. The minimum absolute atomic E-state index is 0.114. The predicted molar refractivity (Wildman–Crippen MR) is 128 cm³/mol. The summed E-state index contributed by atoms with van der Waals surface area (Å²) in [6.07, 6.45) is 19.8. The highest BCUT2D eigenvalue weighted by Gasteiger charge is 2.56. The largest absolute Gasteiger partial charge is 0.393 e. The highest BCUT2D eigenvalue weighted by Crippen LogP contribution is 2.65. The fourth-order valence-corrected chi connectivity index (χ4v) is 8.13. The molecule has 2 saturated carbocycles. The second-order valence-corrected chi connectivity index (χ2v) is 12.0. The molecule has 0 bridgehead atoms. The van der Waals surface area contributed by atoms with Crippen LogP contribution in [0.4, 0.5) is 0 Å². The van der Waals surface area contributed by atoms with Crippen LogP contribution < -0.4 is 0 Å². The van der Waals surface area contributed by atoms with E-state index in [0.29, 0.717) is 11.3 Å². The molecule has 0 heterocycles. The van der Waals surface area contributed by atoms with Crippen molar-refractivity contribution in [1.82, 2.24) is 0 Å². The quantitative estimate of drug-likeness (QED) is 0.460. The summed E-state index contributed by atoms with van der Waals surface area (Å²) in [5.41, 5.74) is 3.98. The Balaban J connectivity index is 1.55. The van der Waals surface area contributed by atoms with Gasteiger partial charge in [0.15, 0.2) is 0 Å². The molecule has 30 heavy (non-hydrogen) atoms. The fourth-order valence-electron chi connectivity index (χ4n) is 8.13. The van der Waals surface area contributed by atoms with Gasteiger partial charge in [-0.15, -0.1) is 0 Å². The van der Waals surface area contributed by atoms with Crippen molar-refractivity contribution in [3.8, 4) is 0 Å². The molecule has 0 saturated heterocycles. The second-order valence-electron chi connectivity index (χ2n) is 12.0. The Morgan fingerprint density at radius 1 is 1.10 bits per heavy atom. The van der Waals surface area contributed by atoms with Crippen molar-refractivity contribution in [1.29, 1.82) is 0 Å². The van der Waals surface area contributed by atoms with Gasteiger partial charge >= 0.3 is 0 Å². The van der Waals surface area contributed by atoms with Crippen molar-refractivity contribution in [2.75, 3.05) is 0 Å². The van der Waals surface area contributed by atoms with Crippen LogP contribution >= 0.6 is 0 Å². The van der Waals surface area contributed by atoms with E-state index in [9.17, 15) is 5.11 Å². The molecule has 4 aliphatic rings. The molecule has 0 unspecified atom stereocenters. The van der Waals surface area contributed by atoms with Crippen LogP contribution in [0.25, 0.3) is 0 Å². The summed E-state index contributed by atoms with van der Waals surface area (Å²) in [7, 11) is 0. The van der Waals surface area contributed by atoms with E-state index in [1.807, 2.05) is 0 Å². The van der Waals surface area contributed by atoms with E-state index in [1.54, 1.807) is 5.57 Å². The molecule has 0 radical (unpaired) electrons. The van der Waals surface area contributed by atoms with Crippen LogP contribution in [0.3, 0.4) is 0 Å². The Morgan fingerprint density at radius 3 is 2.57 bits per heavy atom. The molecule has 0 amide bonds. The highest BCUT2D eigenvalue weighted by molar-refractivity contribution is 5.39. The van der Waals surface area contributed by atoms with Crippen molar-refractivity contribution in [3.63, 3.8) is 0 Å². The molecule has 8 atom stereocenters. The van der Waals surface area contributed by atoms with Crippen molar-refractivity contribution in [2.24, 2.45) is 46.3 Å². The van der Waals surface area contributed by atoms with Crippen LogP contribution in [-0.4, -0.2) is 11.2 Å². The number of fused-ring (bicyclic) bond motifs is 5. The average Bonchev–Trinajstić information content (AvgIpc) is 3.06. The SMILES string of the molecule is CC[C@H](/C=C/[C@@H](C)[C@H]1CC[C@H]2[C@@H]3CC=C4C[C@@H](O)CC[C@]4(C)C3=CC[C@]12C)C(C)C. The summed E-state index contributed by atoms with van der Waals surface area (Å²) in [5, 5.41) is 10.2. The van der Waals surface area contributed by atoms with Gasteiger partial charge in [0.1, 0.15) is 0 Å². The number of rotatable bonds is 5. The lowest BCUT2D eigenvalue weighted by atomic mass is 9.51. The van der Waals surface area contributed by atoms with Crippen LogP contribution in [0.15, 0.2) is 35.5 Å². The summed E-state index contributed by atoms with van der Waals surface area (Å²) in [6.45, 7) is 14.6. The van der Waals surface area contributed by atoms with Gasteiger partial charge in [-0.05, 0) is 92.3 Å².